The Kier molecular flexibility index (Phi) is 5.40. The highest BCUT2D eigenvalue weighted by Gasteiger charge is 2.30. The van der Waals surface area contributed by atoms with Gasteiger partial charge in [0.15, 0.2) is 17.3 Å². The van der Waals surface area contributed by atoms with E-state index in [1.54, 1.807) is 38.4 Å². The van der Waals surface area contributed by atoms with Crippen LogP contribution in [0.1, 0.15) is 35.3 Å². The monoisotopic (exact) mass is 381 g/mol. The molecule has 146 valence electrons. The normalized spacial score (nSPS) is 14.4. The van der Waals surface area contributed by atoms with E-state index in [1.165, 1.54) is 13.8 Å². The first kappa shape index (κ1) is 19.5. The van der Waals surface area contributed by atoms with Gasteiger partial charge < -0.3 is 19.1 Å². The molecular weight excluding hydrogens is 358 g/mol. The van der Waals surface area contributed by atoms with E-state index in [0.717, 1.165) is 22.4 Å². The summed E-state index contributed by atoms with van der Waals surface area (Å²) in [5.41, 5.74) is 3.80. The quantitative estimate of drug-likeness (QED) is 0.582. The number of amides is 1. The zero-order valence-corrected chi connectivity index (χ0v) is 16.7. The molecule has 0 saturated carbocycles. The third-order valence-electron chi connectivity index (χ3n) is 4.84. The average Bonchev–Trinajstić information content (AvgIpc) is 3.07. The summed E-state index contributed by atoms with van der Waals surface area (Å²) in [6.45, 7) is 3.41. The molecule has 0 spiro atoms. The largest absolute Gasteiger partial charge is 0.496 e. The van der Waals surface area contributed by atoms with E-state index >= 15 is 0 Å². The molecule has 6 nitrogen and oxygen atoms in total. The van der Waals surface area contributed by atoms with Crippen LogP contribution >= 0.6 is 0 Å². The number of anilines is 1. The third kappa shape index (κ3) is 3.33. The second kappa shape index (κ2) is 7.76. The van der Waals surface area contributed by atoms with Gasteiger partial charge in [-0.05, 0) is 43.3 Å². The molecular formula is C22H23NO5. The van der Waals surface area contributed by atoms with Gasteiger partial charge in [0, 0.05) is 29.2 Å². The summed E-state index contributed by atoms with van der Waals surface area (Å²) in [5, 5.41) is 0. The fourth-order valence-corrected chi connectivity index (χ4v) is 3.43. The van der Waals surface area contributed by atoms with Crippen molar-refractivity contribution in [2.24, 2.45) is 0 Å². The van der Waals surface area contributed by atoms with Crippen LogP contribution in [0.25, 0.3) is 11.3 Å². The first-order valence-corrected chi connectivity index (χ1v) is 8.84. The van der Waals surface area contributed by atoms with Crippen molar-refractivity contribution in [1.29, 1.82) is 0 Å². The molecule has 0 radical (unpaired) electrons. The molecule has 0 unspecified atom stereocenters. The van der Waals surface area contributed by atoms with Crippen LogP contribution in [0.3, 0.4) is 0 Å². The molecule has 6 heteroatoms. The number of carbonyl (C=O) groups excluding carboxylic acids is 2. The standard InChI is InChI=1S/C22H23NO5/c1-13(24)15-6-8-19-17(10-15)18(12-23(19)14(2)25)22(28-5)16-7-9-20(26-3)21(11-16)27-4/h6-11H,12H2,1-5H3. The average molecular weight is 381 g/mol. The van der Waals surface area contributed by atoms with E-state index in [9.17, 15) is 9.59 Å². The number of Topliss-reactive ketones (excluding diaryl/α,β-unsaturated/α-hetero) is 1. The molecule has 3 rings (SSSR count). The fourth-order valence-electron chi connectivity index (χ4n) is 3.43. The van der Waals surface area contributed by atoms with Crippen LogP contribution in [0.15, 0.2) is 36.4 Å². The summed E-state index contributed by atoms with van der Waals surface area (Å²) in [5.74, 6) is 1.70. The number of methoxy groups -OCH3 is 3. The van der Waals surface area contributed by atoms with E-state index in [0.29, 0.717) is 29.4 Å². The number of ether oxygens (including phenoxy) is 3. The number of hydrogen-bond donors (Lipinski definition) is 0. The molecule has 0 aliphatic carbocycles. The van der Waals surface area contributed by atoms with Crippen molar-refractivity contribution < 1.29 is 23.8 Å². The summed E-state index contributed by atoms with van der Waals surface area (Å²) in [7, 11) is 4.74. The molecule has 2 aromatic rings. The number of carbonyl (C=O) groups is 2. The van der Waals surface area contributed by atoms with Crippen LogP contribution in [-0.2, 0) is 9.53 Å². The summed E-state index contributed by atoms with van der Waals surface area (Å²) >= 11 is 0. The van der Waals surface area contributed by atoms with Gasteiger partial charge in [-0.3, -0.25) is 9.59 Å². The second-order valence-electron chi connectivity index (χ2n) is 6.47. The molecule has 1 heterocycles. The SMILES string of the molecule is COC(=C1CN(C(C)=O)c2ccc(C(C)=O)cc21)c1ccc(OC)c(OC)c1. The molecule has 1 aliphatic heterocycles. The van der Waals surface area contributed by atoms with Crippen molar-refractivity contribution in [3.05, 3.63) is 53.1 Å². The molecule has 0 fully saturated rings. The number of hydrogen-bond acceptors (Lipinski definition) is 5. The maximum Gasteiger partial charge on any atom is 0.224 e. The summed E-state index contributed by atoms with van der Waals surface area (Å²) in [6.07, 6.45) is 0. The highest BCUT2D eigenvalue weighted by atomic mass is 16.5. The molecule has 0 aromatic heterocycles. The van der Waals surface area contributed by atoms with Gasteiger partial charge in [0.2, 0.25) is 5.91 Å². The number of fused-ring (bicyclic) bond motifs is 1. The number of rotatable bonds is 5. The smallest absolute Gasteiger partial charge is 0.224 e. The highest BCUT2D eigenvalue weighted by Crippen LogP contribution is 2.42. The Balaban J connectivity index is 2.22. The van der Waals surface area contributed by atoms with Gasteiger partial charge in [-0.25, -0.2) is 0 Å². The van der Waals surface area contributed by atoms with E-state index in [1.807, 2.05) is 24.3 Å². The van der Waals surface area contributed by atoms with E-state index in [-0.39, 0.29) is 11.7 Å². The van der Waals surface area contributed by atoms with Crippen LogP contribution in [0.2, 0.25) is 0 Å². The number of ketones is 1. The van der Waals surface area contributed by atoms with Gasteiger partial charge in [0.05, 0.1) is 33.6 Å². The lowest BCUT2D eigenvalue weighted by Crippen LogP contribution is -2.25. The van der Waals surface area contributed by atoms with E-state index < -0.39 is 0 Å². The Morgan fingerprint density at radius 2 is 1.57 bits per heavy atom. The lowest BCUT2D eigenvalue weighted by atomic mass is 9.99. The number of benzene rings is 2. The third-order valence-corrected chi connectivity index (χ3v) is 4.84. The number of nitrogens with zero attached hydrogens (tertiary/aromatic N) is 1. The van der Waals surface area contributed by atoms with Crippen molar-refractivity contribution in [2.45, 2.75) is 13.8 Å². The van der Waals surface area contributed by atoms with Crippen molar-refractivity contribution in [2.75, 3.05) is 32.8 Å². The molecule has 28 heavy (non-hydrogen) atoms. The highest BCUT2D eigenvalue weighted by molar-refractivity contribution is 6.08. The van der Waals surface area contributed by atoms with Gasteiger partial charge in [-0.1, -0.05) is 0 Å². The van der Waals surface area contributed by atoms with Gasteiger partial charge >= 0.3 is 0 Å². The Labute approximate surface area is 164 Å². The lowest BCUT2D eigenvalue weighted by molar-refractivity contribution is -0.116. The molecule has 1 aliphatic rings. The lowest BCUT2D eigenvalue weighted by Gasteiger charge is -2.15. The van der Waals surface area contributed by atoms with Crippen molar-refractivity contribution in [3.63, 3.8) is 0 Å². The maximum atomic E-state index is 12.2. The summed E-state index contributed by atoms with van der Waals surface area (Å²) in [4.78, 5) is 25.7. The Hall–Kier alpha value is -3.28. The minimum absolute atomic E-state index is 0.0338. The van der Waals surface area contributed by atoms with E-state index in [2.05, 4.69) is 0 Å². The molecule has 0 N–H and O–H groups in total. The predicted octanol–water partition coefficient (Wildman–Crippen LogP) is 3.79. The second-order valence-corrected chi connectivity index (χ2v) is 6.47. The van der Waals surface area contributed by atoms with Crippen molar-refractivity contribution in [3.8, 4) is 11.5 Å². The molecule has 1 amide bonds. The van der Waals surface area contributed by atoms with Crippen LogP contribution in [0.5, 0.6) is 11.5 Å². The Bertz CT molecular complexity index is 977. The molecule has 0 saturated heterocycles. The maximum absolute atomic E-state index is 12.2. The van der Waals surface area contributed by atoms with Crippen molar-refractivity contribution >= 4 is 28.7 Å². The first-order chi connectivity index (χ1) is 13.4. The zero-order valence-electron chi connectivity index (χ0n) is 16.7. The first-order valence-electron chi connectivity index (χ1n) is 8.84. The van der Waals surface area contributed by atoms with Crippen molar-refractivity contribution in [1.82, 2.24) is 0 Å². The van der Waals surface area contributed by atoms with Crippen LogP contribution < -0.4 is 14.4 Å². The Morgan fingerprint density at radius 1 is 0.893 bits per heavy atom. The van der Waals surface area contributed by atoms with Crippen LogP contribution in [-0.4, -0.2) is 39.6 Å². The van der Waals surface area contributed by atoms with Crippen LogP contribution in [0.4, 0.5) is 5.69 Å². The van der Waals surface area contributed by atoms with Gasteiger partial charge in [-0.2, -0.15) is 0 Å². The predicted molar refractivity (Wildman–Crippen MR) is 108 cm³/mol. The van der Waals surface area contributed by atoms with Gasteiger partial charge in [0.25, 0.3) is 0 Å². The van der Waals surface area contributed by atoms with Gasteiger partial charge in [0.1, 0.15) is 5.76 Å². The molecule has 0 atom stereocenters. The summed E-state index contributed by atoms with van der Waals surface area (Å²) < 4.78 is 16.4. The minimum Gasteiger partial charge on any atom is -0.496 e. The minimum atomic E-state index is -0.0745. The van der Waals surface area contributed by atoms with Gasteiger partial charge in [-0.15, -0.1) is 0 Å². The zero-order chi connectivity index (χ0) is 20.4. The van der Waals surface area contributed by atoms with E-state index in [4.69, 9.17) is 14.2 Å². The molecule has 2 aromatic carbocycles. The summed E-state index contributed by atoms with van der Waals surface area (Å²) in [6, 6.07) is 10.9. The Morgan fingerprint density at radius 3 is 2.14 bits per heavy atom. The molecule has 0 bridgehead atoms. The van der Waals surface area contributed by atoms with Crippen LogP contribution in [0, 0.1) is 0 Å². The topological polar surface area (TPSA) is 65.1 Å². The fraction of sp³-hybridized carbons (Fsp3) is 0.273.